The second-order valence-electron chi connectivity index (χ2n) is 1.23. The van der Waals surface area contributed by atoms with Crippen LogP contribution in [0.25, 0.3) is 0 Å². The highest BCUT2D eigenvalue weighted by atomic mass is 28.2. The third kappa shape index (κ3) is 5.74. The van der Waals surface area contributed by atoms with Gasteiger partial charge in [0, 0.05) is 13.0 Å². The van der Waals surface area contributed by atoms with Crippen LogP contribution in [-0.2, 0) is 4.43 Å². The molecule has 0 saturated heterocycles. The lowest BCUT2D eigenvalue weighted by Gasteiger charge is -1.90. The second kappa shape index (κ2) is 6.74. The van der Waals surface area contributed by atoms with Crippen molar-refractivity contribution in [1.82, 2.24) is 0 Å². The van der Waals surface area contributed by atoms with E-state index in [2.05, 4.69) is 11.8 Å². The maximum absolute atomic E-state index is 5.06. The average Bonchev–Trinajstić information content (AvgIpc) is 1.81. The van der Waals surface area contributed by atoms with Crippen LogP contribution in [0.5, 0.6) is 0 Å². The van der Waals surface area contributed by atoms with Gasteiger partial charge in [-0.05, 0) is 13.5 Å². The molecule has 2 radical (unpaired) electrons. The first kappa shape index (κ1) is 7.74. The summed E-state index contributed by atoms with van der Waals surface area (Å²) in [7, 11) is 0.601. The van der Waals surface area contributed by atoms with Crippen molar-refractivity contribution in [1.29, 1.82) is 0 Å². The summed E-state index contributed by atoms with van der Waals surface area (Å²) in [5.41, 5.74) is 0. The van der Waals surface area contributed by atoms with E-state index in [-0.39, 0.29) is 0 Å². The number of hydrogen-bond acceptors (Lipinski definition) is 1. The molecule has 8 heavy (non-hydrogen) atoms. The maximum Gasteiger partial charge on any atom is 0.226 e. The summed E-state index contributed by atoms with van der Waals surface area (Å²) in [6.07, 6.45) is 0.872. The van der Waals surface area contributed by atoms with Crippen LogP contribution >= 0.6 is 0 Å². The van der Waals surface area contributed by atoms with Gasteiger partial charge in [0.1, 0.15) is 0 Å². The fourth-order valence-electron chi connectivity index (χ4n) is 0.329. The predicted octanol–water partition coefficient (Wildman–Crippen LogP) is 1.08. The Hall–Kier alpha value is -0.263. The molecule has 0 saturated carbocycles. The third-order valence-electron chi connectivity index (χ3n) is 0.650. The Morgan fingerprint density at radius 3 is 2.88 bits per heavy atom. The van der Waals surface area contributed by atoms with Gasteiger partial charge in [-0.3, -0.25) is 0 Å². The van der Waals surface area contributed by atoms with Gasteiger partial charge in [-0.15, -0.1) is 11.8 Å². The Morgan fingerprint density at radius 1 is 1.62 bits per heavy atom. The molecule has 0 aromatic rings. The Kier molecular flexibility index (Phi) is 6.52. The number of hydrogen-bond donors (Lipinski definition) is 0. The summed E-state index contributed by atoms with van der Waals surface area (Å²) in [6, 6.07) is 0. The van der Waals surface area contributed by atoms with Crippen LogP contribution in [0.15, 0.2) is 0 Å². The van der Waals surface area contributed by atoms with Gasteiger partial charge >= 0.3 is 0 Å². The molecule has 0 aromatic heterocycles. The summed E-state index contributed by atoms with van der Waals surface area (Å²) in [5, 5.41) is 0. The molecule has 0 spiro atoms. The van der Waals surface area contributed by atoms with Gasteiger partial charge in [-0.25, -0.2) is 0 Å². The minimum Gasteiger partial charge on any atom is -0.417 e. The Morgan fingerprint density at radius 2 is 2.38 bits per heavy atom. The minimum absolute atomic E-state index is 0.601. The van der Waals surface area contributed by atoms with Crippen molar-refractivity contribution in [3.63, 3.8) is 0 Å². The molecular weight excluding hydrogens is 116 g/mol. The Bertz CT molecular complexity index is 90.4. The molecule has 0 heterocycles. The summed E-state index contributed by atoms with van der Waals surface area (Å²) >= 11 is 0. The predicted molar refractivity (Wildman–Crippen MR) is 35.6 cm³/mol. The van der Waals surface area contributed by atoms with Crippen molar-refractivity contribution < 1.29 is 4.43 Å². The van der Waals surface area contributed by atoms with Gasteiger partial charge in [-0.2, -0.15) is 0 Å². The highest BCUT2D eigenvalue weighted by molar-refractivity contribution is 6.24. The molecule has 0 atom stereocenters. The summed E-state index contributed by atoms with van der Waals surface area (Å²) in [4.78, 5) is 0. The van der Waals surface area contributed by atoms with E-state index < -0.39 is 0 Å². The first-order chi connectivity index (χ1) is 3.91. The quantitative estimate of drug-likeness (QED) is 0.312. The highest BCUT2D eigenvalue weighted by Crippen LogP contribution is 1.76. The second-order valence-corrected chi connectivity index (χ2v) is 1.93. The van der Waals surface area contributed by atoms with E-state index in [1.54, 1.807) is 0 Å². The summed E-state index contributed by atoms with van der Waals surface area (Å²) in [6.45, 7) is 4.64. The lowest BCUT2D eigenvalue weighted by atomic mass is 10.5. The van der Waals surface area contributed by atoms with E-state index in [0.29, 0.717) is 9.76 Å². The topological polar surface area (TPSA) is 9.23 Å². The molecule has 0 aromatic carbocycles. The van der Waals surface area contributed by atoms with Crippen LogP contribution in [0.2, 0.25) is 6.55 Å². The monoisotopic (exact) mass is 126 g/mol. The first-order valence-electron chi connectivity index (χ1n) is 2.60. The zero-order valence-corrected chi connectivity index (χ0v) is 6.32. The SMILES string of the molecule is CC#CCCO[Si]C. The molecule has 0 bridgehead atoms. The van der Waals surface area contributed by atoms with E-state index in [9.17, 15) is 0 Å². The molecule has 0 amide bonds. The van der Waals surface area contributed by atoms with Gasteiger partial charge < -0.3 is 4.43 Å². The van der Waals surface area contributed by atoms with Crippen molar-refractivity contribution in [3.8, 4) is 11.8 Å². The fourth-order valence-corrected chi connectivity index (χ4v) is 0.635. The zero-order chi connectivity index (χ0) is 6.24. The van der Waals surface area contributed by atoms with Gasteiger partial charge in [0.05, 0.1) is 0 Å². The van der Waals surface area contributed by atoms with Crippen LogP contribution in [0, 0.1) is 11.8 Å². The van der Waals surface area contributed by atoms with Crippen molar-refractivity contribution in [2.24, 2.45) is 0 Å². The van der Waals surface area contributed by atoms with Crippen molar-refractivity contribution >= 4 is 9.76 Å². The molecule has 0 aliphatic carbocycles. The summed E-state index contributed by atoms with van der Waals surface area (Å²) in [5.74, 6) is 5.71. The largest absolute Gasteiger partial charge is 0.417 e. The first-order valence-corrected chi connectivity index (χ1v) is 4.00. The summed E-state index contributed by atoms with van der Waals surface area (Å²) < 4.78 is 5.06. The van der Waals surface area contributed by atoms with E-state index in [4.69, 9.17) is 4.43 Å². The minimum atomic E-state index is 0.601. The van der Waals surface area contributed by atoms with Crippen LogP contribution < -0.4 is 0 Å². The van der Waals surface area contributed by atoms with E-state index >= 15 is 0 Å². The van der Waals surface area contributed by atoms with Crippen LogP contribution in [-0.4, -0.2) is 16.4 Å². The molecular formula is C6H10OSi. The van der Waals surface area contributed by atoms with E-state index in [1.807, 2.05) is 13.5 Å². The van der Waals surface area contributed by atoms with Crippen molar-refractivity contribution in [2.45, 2.75) is 19.9 Å². The number of rotatable bonds is 3. The highest BCUT2D eigenvalue weighted by Gasteiger charge is 1.78. The molecule has 0 unspecified atom stereocenters. The van der Waals surface area contributed by atoms with Crippen molar-refractivity contribution in [2.75, 3.05) is 6.61 Å². The lowest BCUT2D eigenvalue weighted by molar-refractivity contribution is 0.349. The molecule has 44 valence electrons. The Labute approximate surface area is 53.4 Å². The van der Waals surface area contributed by atoms with Crippen molar-refractivity contribution in [3.05, 3.63) is 0 Å². The molecule has 1 nitrogen and oxygen atoms in total. The van der Waals surface area contributed by atoms with Crippen LogP contribution in [0.1, 0.15) is 13.3 Å². The van der Waals surface area contributed by atoms with Gasteiger partial charge in [0.15, 0.2) is 0 Å². The molecule has 0 aliphatic rings. The van der Waals surface area contributed by atoms with Gasteiger partial charge in [0.25, 0.3) is 0 Å². The molecule has 0 aliphatic heterocycles. The molecule has 2 heteroatoms. The van der Waals surface area contributed by atoms with E-state index in [1.165, 1.54) is 0 Å². The van der Waals surface area contributed by atoms with Gasteiger partial charge in [0.2, 0.25) is 9.76 Å². The maximum atomic E-state index is 5.06. The molecule has 0 N–H and O–H groups in total. The lowest BCUT2D eigenvalue weighted by Crippen LogP contribution is -1.93. The fraction of sp³-hybridized carbons (Fsp3) is 0.667. The van der Waals surface area contributed by atoms with Crippen LogP contribution in [0.3, 0.4) is 0 Å². The molecule has 0 rings (SSSR count). The molecule has 0 fully saturated rings. The normalized spacial score (nSPS) is 7.75. The van der Waals surface area contributed by atoms with E-state index in [0.717, 1.165) is 13.0 Å². The standard InChI is InChI=1S/C6H10OSi/c1-3-4-5-6-7-8-2/h5-6H2,1-2H3. The van der Waals surface area contributed by atoms with Gasteiger partial charge in [-0.1, -0.05) is 0 Å². The van der Waals surface area contributed by atoms with Crippen LogP contribution in [0.4, 0.5) is 0 Å². The average molecular weight is 126 g/mol. The smallest absolute Gasteiger partial charge is 0.226 e. The third-order valence-corrected chi connectivity index (χ3v) is 1.14. The Balaban J connectivity index is 2.79. The zero-order valence-electron chi connectivity index (χ0n) is 5.32.